The summed E-state index contributed by atoms with van der Waals surface area (Å²) >= 11 is 0. The third kappa shape index (κ3) is 20.7. The van der Waals surface area contributed by atoms with E-state index < -0.39 is 85.8 Å². The Labute approximate surface area is 259 Å². The van der Waals surface area contributed by atoms with Crippen molar-refractivity contribution in [3.63, 3.8) is 0 Å². The minimum Gasteiger partial charge on any atom is -0.437 e. The van der Waals surface area contributed by atoms with Gasteiger partial charge in [0.05, 0.1) is 0 Å². The van der Waals surface area contributed by atoms with Crippen molar-refractivity contribution < 1.29 is 37.0 Å². The van der Waals surface area contributed by atoms with Gasteiger partial charge in [0, 0.05) is 0 Å². The smallest absolute Gasteiger partial charge is 0.360 e. The van der Waals surface area contributed by atoms with Gasteiger partial charge in [-0.3, -0.25) is 0 Å². The van der Waals surface area contributed by atoms with Crippen LogP contribution in [0.5, 0.6) is 0 Å². The van der Waals surface area contributed by atoms with Crippen LogP contribution in [-0.4, -0.2) is 85.8 Å². The summed E-state index contributed by atoms with van der Waals surface area (Å²) in [5.74, 6) is 0. The minimum atomic E-state index is -2.62. The van der Waals surface area contributed by atoms with Crippen LogP contribution in [0.2, 0.25) is 137 Å². The molecule has 19 heteroatoms. The van der Waals surface area contributed by atoms with E-state index in [1.807, 2.05) is 0 Å². The second-order valence-electron chi connectivity index (χ2n) is 15.4. The van der Waals surface area contributed by atoms with Gasteiger partial charge in [-0.2, -0.15) is 0 Å². The van der Waals surface area contributed by atoms with Crippen LogP contribution in [0.3, 0.4) is 0 Å². The van der Waals surface area contributed by atoms with Crippen LogP contribution in [0.15, 0.2) is 0 Å². The monoisotopic (exact) mass is 739 g/mol. The Balaban J connectivity index is 5.35. The fraction of sp³-hybridized carbons (Fsp3) is 1.00. The predicted octanol–water partition coefficient (Wildman–Crippen LogP) is 7.84. The Morgan fingerprint density at radius 3 is 0.725 bits per heavy atom. The van der Waals surface area contributed by atoms with Crippen molar-refractivity contribution in [2.24, 2.45) is 0 Å². The first kappa shape index (κ1) is 41.8. The summed E-state index contributed by atoms with van der Waals surface area (Å²) in [7, 11) is -22.5. The molecule has 1 radical (unpaired) electrons. The molecule has 241 valence electrons. The molecule has 0 saturated heterocycles. The molecule has 0 atom stereocenters. The lowest BCUT2D eigenvalue weighted by molar-refractivity contribution is 0.259. The largest absolute Gasteiger partial charge is 0.437 e. The highest BCUT2D eigenvalue weighted by atomic mass is 28.5. The zero-order valence-corrected chi connectivity index (χ0v) is 39.7. The minimum absolute atomic E-state index is 1.39. The summed E-state index contributed by atoms with van der Waals surface area (Å²) in [6.45, 7) is 44.3. The third-order valence-corrected chi connectivity index (χ3v) is 39.1. The first-order valence-corrected chi connectivity index (χ1v) is 42.5. The second-order valence-corrected chi connectivity index (χ2v) is 51.8. The average Bonchev–Trinajstić information content (AvgIpc) is 2.39. The summed E-state index contributed by atoms with van der Waals surface area (Å²) < 4.78 is 58.9. The zero-order valence-electron chi connectivity index (χ0n) is 29.7. The summed E-state index contributed by atoms with van der Waals surface area (Å²) in [5.41, 5.74) is 0. The van der Waals surface area contributed by atoms with Crippen molar-refractivity contribution in [1.82, 2.24) is 0 Å². The Hall–Kier alpha value is 1.81. The second kappa shape index (κ2) is 14.1. The zero-order chi connectivity index (χ0) is 32.4. The summed E-state index contributed by atoms with van der Waals surface area (Å²) in [6, 6.07) is 0. The molecular weight excluding hydrogens is 677 g/mol. The van der Waals surface area contributed by atoms with Crippen LogP contribution < -0.4 is 0 Å². The Bertz CT molecular complexity index is 810. The van der Waals surface area contributed by atoms with Crippen molar-refractivity contribution in [1.29, 1.82) is 0 Å². The van der Waals surface area contributed by atoms with Crippen LogP contribution in [0.4, 0.5) is 0 Å². The predicted molar refractivity (Wildman–Crippen MR) is 190 cm³/mol. The lowest BCUT2D eigenvalue weighted by atomic mass is 11.8. The van der Waals surface area contributed by atoms with Crippen LogP contribution in [0, 0.1) is 0 Å². The molecule has 0 aliphatic rings. The van der Waals surface area contributed by atoms with Gasteiger partial charge < -0.3 is 37.0 Å². The van der Waals surface area contributed by atoms with Gasteiger partial charge in [-0.05, 0) is 137 Å². The topological polar surface area (TPSA) is 83.1 Å². The average molecular weight is 741 g/mol. The van der Waals surface area contributed by atoms with Gasteiger partial charge in [-0.15, -0.1) is 0 Å². The van der Waals surface area contributed by atoms with E-state index in [-0.39, 0.29) is 0 Å². The Morgan fingerprint density at radius 2 is 0.500 bits per heavy atom. The van der Waals surface area contributed by atoms with Gasteiger partial charge in [-0.25, -0.2) is 0 Å². The SMILES string of the molecule is C[Si](O[Si](C)(C)C)O[Si](C)(C)O[Si](C)(C)O[Si](C)(C)O[Si](C)(C)O[Si](C)(C)O[Si](C)(C)O[Si](C)(C)O[Si](C)(C)C. The molecule has 0 unspecified atom stereocenters. The van der Waals surface area contributed by atoms with E-state index >= 15 is 0 Å². The summed E-state index contributed by atoms with van der Waals surface area (Å²) in [6.07, 6.45) is 0. The molecule has 9 nitrogen and oxygen atoms in total. The van der Waals surface area contributed by atoms with Gasteiger partial charge in [0.1, 0.15) is 0 Å². The lowest BCUT2D eigenvalue weighted by Gasteiger charge is -2.44. The normalized spacial score (nSPS) is 15.8. The summed E-state index contributed by atoms with van der Waals surface area (Å²) in [4.78, 5) is 0. The molecule has 0 bridgehead atoms. The maximum atomic E-state index is 6.71. The van der Waals surface area contributed by atoms with E-state index in [9.17, 15) is 0 Å². The molecule has 0 aliphatic carbocycles. The maximum absolute atomic E-state index is 6.71. The van der Waals surface area contributed by atoms with Crippen molar-refractivity contribution in [3.8, 4) is 0 Å². The van der Waals surface area contributed by atoms with Crippen molar-refractivity contribution in [3.05, 3.63) is 0 Å². The van der Waals surface area contributed by atoms with E-state index in [0.717, 1.165) is 0 Å². The molecule has 0 amide bonds. The number of hydrogen-bond donors (Lipinski definition) is 0. The fourth-order valence-electron chi connectivity index (χ4n) is 5.23. The molecule has 0 aliphatic heterocycles. The van der Waals surface area contributed by atoms with E-state index in [4.69, 9.17) is 37.0 Å². The number of hydrogen-bond acceptors (Lipinski definition) is 9. The molecule has 0 fully saturated rings. The highest BCUT2D eigenvalue weighted by Gasteiger charge is 2.49. The van der Waals surface area contributed by atoms with E-state index in [1.54, 1.807) is 0 Å². The lowest BCUT2D eigenvalue weighted by Crippen LogP contribution is -2.61. The first-order chi connectivity index (χ1) is 17.1. The molecule has 0 spiro atoms. The maximum Gasteiger partial charge on any atom is 0.360 e. The molecule has 40 heavy (non-hydrogen) atoms. The molecule has 0 heterocycles. The van der Waals surface area contributed by atoms with E-state index in [1.165, 1.54) is 0 Å². The van der Waals surface area contributed by atoms with Crippen molar-refractivity contribution in [2.45, 2.75) is 137 Å². The van der Waals surface area contributed by atoms with Gasteiger partial charge in [0.15, 0.2) is 16.6 Å². The van der Waals surface area contributed by atoms with E-state index in [2.05, 4.69) is 137 Å². The molecule has 0 aromatic carbocycles. The highest BCUT2D eigenvalue weighted by molar-refractivity contribution is 6.92. The van der Waals surface area contributed by atoms with Crippen molar-refractivity contribution >= 4 is 85.8 Å². The Morgan fingerprint density at radius 1 is 0.275 bits per heavy atom. The Kier molecular flexibility index (Phi) is 14.7. The highest BCUT2D eigenvalue weighted by Crippen LogP contribution is 2.29. The van der Waals surface area contributed by atoms with E-state index in [0.29, 0.717) is 0 Å². The third-order valence-electron chi connectivity index (χ3n) is 4.34. The van der Waals surface area contributed by atoms with Gasteiger partial charge >= 0.3 is 69.2 Å². The van der Waals surface area contributed by atoms with Crippen LogP contribution in [0.25, 0.3) is 0 Å². The van der Waals surface area contributed by atoms with Crippen LogP contribution >= 0.6 is 0 Å². The summed E-state index contributed by atoms with van der Waals surface area (Å²) in [5, 5.41) is 0. The van der Waals surface area contributed by atoms with Gasteiger partial charge in [-0.1, -0.05) is 0 Å². The molecular formula is C21H63O9Si10. The quantitative estimate of drug-likeness (QED) is 0.131. The number of rotatable bonds is 18. The van der Waals surface area contributed by atoms with Gasteiger partial charge in [0.2, 0.25) is 0 Å². The molecule has 0 aromatic heterocycles. The molecule has 0 rings (SSSR count). The fourth-order valence-corrected chi connectivity index (χ4v) is 50.1. The van der Waals surface area contributed by atoms with Crippen molar-refractivity contribution in [2.75, 3.05) is 0 Å². The first-order valence-electron chi connectivity index (χ1n) is 14.2. The molecule has 0 N–H and O–H groups in total. The molecule has 0 aromatic rings. The van der Waals surface area contributed by atoms with Crippen LogP contribution in [0.1, 0.15) is 0 Å². The van der Waals surface area contributed by atoms with Crippen LogP contribution in [-0.2, 0) is 37.0 Å². The van der Waals surface area contributed by atoms with Gasteiger partial charge in [0.25, 0.3) is 0 Å². The standard InChI is InChI=1S/C21H63O9Si10/c1-31(22-32(2,3)4)23-34(8,9)25-36(12,13)27-38(16,17)29-40(20,21)30-39(18,19)28-37(14,15)26-35(10,11)24-33(5,6)7/h1-21H3. The molecule has 0 saturated carbocycles.